The smallest absolute Gasteiger partial charge is 0.430 e. The van der Waals surface area contributed by atoms with E-state index in [0.717, 1.165) is 0 Å². The van der Waals surface area contributed by atoms with E-state index in [0.29, 0.717) is 6.42 Å². The van der Waals surface area contributed by atoms with Crippen LogP contribution in [0.5, 0.6) is 0 Å². The second kappa shape index (κ2) is 3.25. The fourth-order valence-corrected chi connectivity index (χ4v) is 2.12. The number of β-lactam (4-membered cyclic amide) rings is 1. The van der Waals surface area contributed by atoms with Gasteiger partial charge in [0.1, 0.15) is 12.5 Å². The summed E-state index contributed by atoms with van der Waals surface area (Å²) in [4.78, 5) is 22.3. The maximum atomic E-state index is 11.4. The number of carbonyl (C=O) groups is 2. The van der Waals surface area contributed by atoms with Gasteiger partial charge in [0, 0.05) is 6.04 Å². The molecule has 2 aliphatic rings. The number of nitrogens with one attached hydrogen (secondary N) is 1. The standard InChI is InChI=1S/C10H13NO4/c1-3-4-6-7(8(12)11-6)10(2)5-14-9(13)15-10/h3,6-7H,1,4-5H2,2H3,(H,11,12)/t6-,7-,10+/m1/s1. The third-order valence-electron chi connectivity index (χ3n) is 2.88. The maximum absolute atomic E-state index is 11.4. The zero-order valence-corrected chi connectivity index (χ0v) is 8.49. The number of amides is 1. The van der Waals surface area contributed by atoms with Crippen LogP contribution in [0.25, 0.3) is 0 Å². The van der Waals surface area contributed by atoms with E-state index in [2.05, 4.69) is 11.9 Å². The van der Waals surface area contributed by atoms with Gasteiger partial charge in [-0.05, 0) is 13.3 Å². The van der Waals surface area contributed by atoms with E-state index in [1.807, 2.05) is 0 Å². The van der Waals surface area contributed by atoms with Gasteiger partial charge in [0.2, 0.25) is 5.91 Å². The van der Waals surface area contributed by atoms with Crippen LogP contribution in [0.3, 0.4) is 0 Å². The van der Waals surface area contributed by atoms with Gasteiger partial charge >= 0.3 is 6.16 Å². The zero-order valence-electron chi connectivity index (χ0n) is 8.49. The Balaban J connectivity index is 2.11. The topological polar surface area (TPSA) is 64.6 Å². The Kier molecular flexibility index (Phi) is 2.17. The van der Waals surface area contributed by atoms with Gasteiger partial charge in [0.25, 0.3) is 0 Å². The molecule has 0 aromatic carbocycles. The fourth-order valence-electron chi connectivity index (χ4n) is 2.12. The summed E-state index contributed by atoms with van der Waals surface area (Å²) in [6.07, 6.45) is 1.70. The van der Waals surface area contributed by atoms with Crippen LogP contribution < -0.4 is 5.32 Å². The highest BCUT2D eigenvalue weighted by Gasteiger charge is 2.56. The Labute approximate surface area is 87.4 Å². The van der Waals surface area contributed by atoms with E-state index in [9.17, 15) is 9.59 Å². The molecule has 2 fully saturated rings. The van der Waals surface area contributed by atoms with E-state index in [-0.39, 0.29) is 24.5 Å². The van der Waals surface area contributed by atoms with Crippen LogP contribution in [-0.2, 0) is 14.3 Å². The van der Waals surface area contributed by atoms with Crippen molar-refractivity contribution in [3.05, 3.63) is 12.7 Å². The van der Waals surface area contributed by atoms with Crippen molar-refractivity contribution in [1.82, 2.24) is 5.32 Å². The average Bonchev–Trinajstić information content (AvgIpc) is 2.45. The number of cyclic esters (lactones) is 2. The molecule has 0 saturated carbocycles. The first-order valence-corrected chi connectivity index (χ1v) is 4.84. The normalized spacial score (nSPS) is 38.7. The Morgan fingerprint density at radius 1 is 1.67 bits per heavy atom. The highest BCUT2D eigenvalue weighted by molar-refractivity contribution is 5.87. The third kappa shape index (κ3) is 1.48. The van der Waals surface area contributed by atoms with Gasteiger partial charge in [-0.15, -0.1) is 6.58 Å². The molecule has 2 heterocycles. The molecule has 0 unspecified atom stereocenters. The first kappa shape index (κ1) is 10.0. The van der Waals surface area contributed by atoms with Crippen molar-refractivity contribution in [3.63, 3.8) is 0 Å². The molecule has 0 aromatic heterocycles. The van der Waals surface area contributed by atoms with Crippen molar-refractivity contribution in [1.29, 1.82) is 0 Å². The molecule has 5 nitrogen and oxygen atoms in total. The van der Waals surface area contributed by atoms with Crippen molar-refractivity contribution in [3.8, 4) is 0 Å². The minimum atomic E-state index is -0.826. The van der Waals surface area contributed by atoms with Crippen molar-refractivity contribution < 1.29 is 19.1 Å². The molecule has 1 amide bonds. The van der Waals surface area contributed by atoms with Crippen LogP contribution in [0.1, 0.15) is 13.3 Å². The SMILES string of the molecule is C=CC[C@H]1NC(=O)[C@@H]1[C@]1(C)COC(=O)O1. The summed E-state index contributed by atoms with van der Waals surface area (Å²) in [6, 6.07) is -0.00509. The molecule has 0 bridgehead atoms. The van der Waals surface area contributed by atoms with Gasteiger partial charge in [-0.1, -0.05) is 6.08 Å². The molecular formula is C10H13NO4. The van der Waals surface area contributed by atoms with Crippen molar-refractivity contribution in [2.75, 3.05) is 6.61 Å². The first-order chi connectivity index (χ1) is 7.07. The first-order valence-electron chi connectivity index (χ1n) is 4.84. The van der Waals surface area contributed by atoms with E-state index in [4.69, 9.17) is 9.47 Å². The lowest BCUT2D eigenvalue weighted by atomic mass is 9.76. The molecule has 5 heteroatoms. The van der Waals surface area contributed by atoms with Crippen LogP contribution in [0.4, 0.5) is 4.79 Å². The van der Waals surface area contributed by atoms with Gasteiger partial charge in [0.15, 0.2) is 5.60 Å². The van der Waals surface area contributed by atoms with Crippen LogP contribution in [0, 0.1) is 5.92 Å². The lowest BCUT2D eigenvalue weighted by Gasteiger charge is -2.43. The Hall–Kier alpha value is -1.52. The minimum Gasteiger partial charge on any atom is -0.430 e. The fraction of sp³-hybridized carbons (Fsp3) is 0.600. The molecule has 2 rings (SSSR count). The van der Waals surface area contributed by atoms with Crippen LogP contribution >= 0.6 is 0 Å². The summed E-state index contributed by atoms with van der Waals surface area (Å²) >= 11 is 0. The van der Waals surface area contributed by atoms with Crippen molar-refractivity contribution >= 4 is 12.1 Å². The van der Waals surface area contributed by atoms with Crippen LogP contribution in [-0.4, -0.2) is 30.3 Å². The maximum Gasteiger partial charge on any atom is 0.509 e. The number of ether oxygens (including phenoxy) is 2. The van der Waals surface area contributed by atoms with Gasteiger partial charge in [-0.2, -0.15) is 0 Å². The molecule has 0 spiro atoms. The summed E-state index contributed by atoms with van der Waals surface area (Å²) in [5, 5.41) is 2.75. The van der Waals surface area contributed by atoms with Crippen molar-refractivity contribution in [2.24, 2.45) is 5.92 Å². The number of rotatable bonds is 3. The molecule has 0 aromatic rings. The lowest BCUT2D eigenvalue weighted by Crippen LogP contribution is -2.66. The van der Waals surface area contributed by atoms with E-state index in [1.54, 1.807) is 13.0 Å². The van der Waals surface area contributed by atoms with Gasteiger partial charge in [-0.3, -0.25) is 4.79 Å². The highest BCUT2D eigenvalue weighted by atomic mass is 16.8. The summed E-state index contributed by atoms with van der Waals surface area (Å²) < 4.78 is 9.78. The predicted molar refractivity (Wildman–Crippen MR) is 51.1 cm³/mol. The zero-order chi connectivity index (χ0) is 11.1. The second-order valence-electron chi connectivity index (χ2n) is 4.07. The van der Waals surface area contributed by atoms with E-state index >= 15 is 0 Å². The molecule has 2 saturated heterocycles. The summed E-state index contributed by atoms with van der Waals surface area (Å²) in [5.74, 6) is -0.426. The number of hydrogen-bond donors (Lipinski definition) is 1. The highest BCUT2D eigenvalue weighted by Crippen LogP contribution is 2.36. The molecule has 1 N–H and O–H groups in total. The van der Waals surface area contributed by atoms with Crippen LogP contribution in [0.2, 0.25) is 0 Å². The van der Waals surface area contributed by atoms with Gasteiger partial charge in [-0.25, -0.2) is 4.79 Å². The molecule has 82 valence electrons. The molecule has 2 aliphatic heterocycles. The summed E-state index contributed by atoms with van der Waals surface area (Å²) in [6.45, 7) is 5.47. The predicted octanol–water partition coefficient (Wildman–Crippen LogP) is 0.603. The van der Waals surface area contributed by atoms with Crippen LogP contribution in [0.15, 0.2) is 12.7 Å². The summed E-state index contributed by atoms with van der Waals surface area (Å²) in [5.41, 5.74) is -0.826. The van der Waals surface area contributed by atoms with E-state index in [1.165, 1.54) is 0 Å². The van der Waals surface area contributed by atoms with Gasteiger partial charge in [0.05, 0.1) is 0 Å². The Morgan fingerprint density at radius 3 is 2.87 bits per heavy atom. The quantitative estimate of drug-likeness (QED) is 0.422. The third-order valence-corrected chi connectivity index (χ3v) is 2.88. The second-order valence-corrected chi connectivity index (χ2v) is 4.07. The minimum absolute atomic E-state index is 0.00509. The lowest BCUT2D eigenvalue weighted by molar-refractivity contribution is -0.146. The monoisotopic (exact) mass is 211 g/mol. The van der Waals surface area contributed by atoms with E-state index < -0.39 is 11.8 Å². The Bertz CT molecular complexity index is 325. The molecule has 0 radical (unpaired) electrons. The number of hydrogen-bond acceptors (Lipinski definition) is 4. The molecule has 15 heavy (non-hydrogen) atoms. The average molecular weight is 211 g/mol. The Morgan fingerprint density at radius 2 is 2.40 bits per heavy atom. The largest absolute Gasteiger partial charge is 0.509 e. The molecule has 0 aliphatic carbocycles. The summed E-state index contributed by atoms with van der Waals surface area (Å²) in [7, 11) is 0. The number of carbonyl (C=O) groups excluding carboxylic acids is 2. The van der Waals surface area contributed by atoms with Crippen molar-refractivity contribution in [2.45, 2.75) is 25.0 Å². The molecule has 3 atom stereocenters. The van der Waals surface area contributed by atoms with Gasteiger partial charge < -0.3 is 14.8 Å². The molecular weight excluding hydrogens is 198 g/mol.